The number of carbonyl (C=O) groups is 1. The third-order valence-corrected chi connectivity index (χ3v) is 4.39. The molecule has 0 saturated carbocycles. The van der Waals surface area contributed by atoms with Gasteiger partial charge in [0.25, 0.3) is 11.6 Å². The van der Waals surface area contributed by atoms with Crippen LogP contribution in [0.2, 0.25) is 0 Å². The van der Waals surface area contributed by atoms with Gasteiger partial charge in [-0.3, -0.25) is 14.9 Å². The molecule has 1 aliphatic rings. The van der Waals surface area contributed by atoms with E-state index in [0.29, 0.717) is 16.0 Å². The molecule has 1 heterocycles. The molecule has 0 N–H and O–H groups in total. The maximum Gasteiger partial charge on any atom is 0.270 e. The molecule has 6 heteroatoms. The first kappa shape index (κ1) is 15.0. The summed E-state index contributed by atoms with van der Waals surface area (Å²) in [5, 5.41) is 10.8. The molecule has 1 aromatic carbocycles. The standard InChI is InChI=1S/C14H17BrN2O3/c1-10-3-2-7-16(8-6-10)14(18)12-9-11(17(19)20)4-5-13(12)15/h4-5,9-10H,2-3,6-8H2,1H3. The highest BCUT2D eigenvalue weighted by atomic mass is 79.9. The fourth-order valence-electron chi connectivity index (χ4n) is 2.43. The predicted octanol–water partition coefficient (Wildman–Crippen LogP) is 3.62. The quantitative estimate of drug-likeness (QED) is 0.610. The topological polar surface area (TPSA) is 63.5 Å². The summed E-state index contributed by atoms with van der Waals surface area (Å²) in [5.74, 6) is 0.496. The number of non-ortho nitro benzene ring substituents is 1. The molecule has 0 aliphatic carbocycles. The minimum Gasteiger partial charge on any atom is -0.339 e. The van der Waals surface area contributed by atoms with Crippen LogP contribution in [-0.2, 0) is 0 Å². The SMILES string of the molecule is CC1CCCN(C(=O)c2cc([N+](=O)[O-])ccc2Br)CC1. The first-order valence-electron chi connectivity index (χ1n) is 6.72. The number of halogens is 1. The number of hydrogen-bond donors (Lipinski definition) is 0. The number of carbonyl (C=O) groups excluding carboxylic acids is 1. The number of hydrogen-bond acceptors (Lipinski definition) is 3. The molecule has 1 fully saturated rings. The van der Waals surface area contributed by atoms with Crippen molar-refractivity contribution in [3.63, 3.8) is 0 Å². The van der Waals surface area contributed by atoms with Crippen molar-refractivity contribution in [2.24, 2.45) is 5.92 Å². The van der Waals surface area contributed by atoms with Gasteiger partial charge in [0.1, 0.15) is 0 Å². The van der Waals surface area contributed by atoms with Crippen molar-refractivity contribution in [1.29, 1.82) is 0 Å². The van der Waals surface area contributed by atoms with Crippen molar-refractivity contribution in [2.45, 2.75) is 26.2 Å². The van der Waals surface area contributed by atoms with Crippen molar-refractivity contribution in [3.8, 4) is 0 Å². The van der Waals surface area contributed by atoms with Crippen LogP contribution in [0.15, 0.2) is 22.7 Å². The fraction of sp³-hybridized carbons (Fsp3) is 0.500. The summed E-state index contributed by atoms with van der Waals surface area (Å²) in [6.07, 6.45) is 3.09. The van der Waals surface area contributed by atoms with Gasteiger partial charge in [0, 0.05) is 29.7 Å². The van der Waals surface area contributed by atoms with E-state index >= 15 is 0 Å². The van der Waals surface area contributed by atoms with Crippen LogP contribution in [0.4, 0.5) is 5.69 Å². The van der Waals surface area contributed by atoms with Crippen molar-refractivity contribution >= 4 is 27.5 Å². The Morgan fingerprint density at radius 1 is 1.40 bits per heavy atom. The zero-order chi connectivity index (χ0) is 14.7. The van der Waals surface area contributed by atoms with Gasteiger partial charge >= 0.3 is 0 Å². The van der Waals surface area contributed by atoms with Crippen LogP contribution in [0.1, 0.15) is 36.5 Å². The van der Waals surface area contributed by atoms with Crippen LogP contribution >= 0.6 is 15.9 Å². The van der Waals surface area contributed by atoms with E-state index in [1.165, 1.54) is 12.1 Å². The number of benzene rings is 1. The molecule has 1 saturated heterocycles. The molecule has 5 nitrogen and oxygen atoms in total. The minimum absolute atomic E-state index is 0.0558. The monoisotopic (exact) mass is 340 g/mol. The Bertz CT molecular complexity index is 533. The second-order valence-corrected chi connectivity index (χ2v) is 6.10. The molecule has 0 spiro atoms. The molecule has 108 valence electrons. The molecule has 1 amide bonds. The van der Waals surface area contributed by atoms with E-state index < -0.39 is 4.92 Å². The van der Waals surface area contributed by atoms with Gasteiger partial charge < -0.3 is 4.90 Å². The Morgan fingerprint density at radius 3 is 2.85 bits per heavy atom. The molecule has 1 atom stereocenters. The van der Waals surface area contributed by atoms with Gasteiger partial charge in [-0.15, -0.1) is 0 Å². The highest BCUT2D eigenvalue weighted by Gasteiger charge is 2.23. The lowest BCUT2D eigenvalue weighted by atomic mass is 10.0. The summed E-state index contributed by atoms with van der Waals surface area (Å²) < 4.78 is 0.602. The Balaban J connectivity index is 2.23. The third kappa shape index (κ3) is 3.36. The first-order valence-corrected chi connectivity index (χ1v) is 7.51. The summed E-state index contributed by atoms with van der Waals surface area (Å²) in [4.78, 5) is 24.7. The van der Waals surface area contributed by atoms with E-state index in [9.17, 15) is 14.9 Å². The summed E-state index contributed by atoms with van der Waals surface area (Å²) in [5.41, 5.74) is 0.313. The lowest BCUT2D eigenvalue weighted by Crippen LogP contribution is -2.32. The minimum atomic E-state index is -0.478. The average molecular weight is 341 g/mol. The molecule has 0 aromatic heterocycles. The number of rotatable bonds is 2. The third-order valence-electron chi connectivity index (χ3n) is 3.70. The van der Waals surface area contributed by atoms with Crippen molar-refractivity contribution in [2.75, 3.05) is 13.1 Å². The van der Waals surface area contributed by atoms with Crippen LogP contribution in [0.3, 0.4) is 0 Å². The smallest absolute Gasteiger partial charge is 0.270 e. The van der Waals surface area contributed by atoms with E-state index in [4.69, 9.17) is 0 Å². The highest BCUT2D eigenvalue weighted by Crippen LogP contribution is 2.25. The predicted molar refractivity (Wildman–Crippen MR) is 79.7 cm³/mol. The van der Waals surface area contributed by atoms with Gasteiger partial charge in [-0.05, 0) is 47.2 Å². The Labute approximate surface area is 126 Å². The van der Waals surface area contributed by atoms with E-state index in [0.717, 1.165) is 32.4 Å². The summed E-state index contributed by atoms with van der Waals surface area (Å²) >= 11 is 3.31. The zero-order valence-electron chi connectivity index (χ0n) is 11.3. The highest BCUT2D eigenvalue weighted by molar-refractivity contribution is 9.10. The fourth-order valence-corrected chi connectivity index (χ4v) is 2.84. The molecule has 1 aromatic rings. The molecule has 1 unspecified atom stereocenters. The lowest BCUT2D eigenvalue weighted by molar-refractivity contribution is -0.384. The largest absolute Gasteiger partial charge is 0.339 e. The molecule has 0 bridgehead atoms. The molecular weight excluding hydrogens is 324 g/mol. The lowest BCUT2D eigenvalue weighted by Gasteiger charge is -2.21. The maximum absolute atomic E-state index is 12.5. The molecular formula is C14H17BrN2O3. The van der Waals surface area contributed by atoms with E-state index in [-0.39, 0.29) is 11.6 Å². The Hall–Kier alpha value is -1.43. The van der Waals surface area contributed by atoms with E-state index in [2.05, 4.69) is 22.9 Å². The van der Waals surface area contributed by atoms with Gasteiger partial charge in [-0.1, -0.05) is 6.92 Å². The number of nitro benzene ring substituents is 1. The van der Waals surface area contributed by atoms with Crippen LogP contribution in [0, 0.1) is 16.0 Å². The average Bonchev–Trinajstić information content (AvgIpc) is 2.63. The van der Waals surface area contributed by atoms with Crippen molar-refractivity contribution < 1.29 is 9.72 Å². The van der Waals surface area contributed by atoms with Gasteiger partial charge in [-0.2, -0.15) is 0 Å². The van der Waals surface area contributed by atoms with Crippen molar-refractivity contribution in [3.05, 3.63) is 38.3 Å². The molecule has 2 rings (SSSR count). The van der Waals surface area contributed by atoms with Gasteiger partial charge in [-0.25, -0.2) is 0 Å². The Morgan fingerprint density at radius 2 is 2.15 bits per heavy atom. The summed E-state index contributed by atoms with van der Waals surface area (Å²) in [6, 6.07) is 4.30. The number of amides is 1. The van der Waals surface area contributed by atoms with Crippen LogP contribution in [0.25, 0.3) is 0 Å². The molecule has 0 radical (unpaired) electrons. The number of likely N-dealkylation sites (tertiary alicyclic amines) is 1. The zero-order valence-corrected chi connectivity index (χ0v) is 12.9. The van der Waals surface area contributed by atoms with Crippen LogP contribution in [-0.4, -0.2) is 28.8 Å². The van der Waals surface area contributed by atoms with Crippen LogP contribution < -0.4 is 0 Å². The summed E-state index contributed by atoms with van der Waals surface area (Å²) in [7, 11) is 0. The molecule has 20 heavy (non-hydrogen) atoms. The summed E-state index contributed by atoms with van der Waals surface area (Å²) in [6.45, 7) is 3.63. The number of nitrogens with zero attached hydrogens (tertiary/aromatic N) is 2. The normalized spacial score (nSPS) is 19.5. The van der Waals surface area contributed by atoms with Crippen molar-refractivity contribution in [1.82, 2.24) is 4.90 Å². The van der Waals surface area contributed by atoms with Gasteiger partial charge in [0.05, 0.1) is 10.5 Å². The second kappa shape index (κ2) is 6.35. The van der Waals surface area contributed by atoms with Gasteiger partial charge in [0.2, 0.25) is 0 Å². The second-order valence-electron chi connectivity index (χ2n) is 5.25. The van der Waals surface area contributed by atoms with Gasteiger partial charge in [0.15, 0.2) is 0 Å². The number of nitro groups is 1. The maximum atomic E-state index is 12.5. The van der Waals surface area contributed by atoms with E-state index in [1.54, 1.807) is 11.0 Å². The van der Waals surface area contributed by atoms with Crippen LogP contribution in [0.5, 0.6) is 0 Å². The first-order chi connectivity index (χ1) is 9.49. The Kier molecular flexibility index (Phi) is 4.75. The van der Waals surface area contributed by atoms with E-state index in [1.807, 2.05) is 0 Å². The molecule has 1 aliphatic heterocycles.